The van der Waals surface area contributed by atoms with Crippen LogP contribution in [0.5, 0.6) is 0 Å². The molecule has 0 fully saturated rings. The maximum atomic E-state index is 13.0. The van der Waals surface area contributed by atoms with Crippen LogP contribution in [-0.2, 0) is 28.5 Å². The molecule has 0 aromatic heterocycles. The van der Waals surface area contributed by atoms with Crippen LogP contribution < -0.4 is 10.6 Å². The summed E-state index contributed by atoms with van der Waals surface area (Å²) in [5.74, 6) is -1.04. The minimum Gasteiger partial charge on any atom is -0.480 e. The van der Waals surface area contributed by atoms with E-state index in [4.69, 9.17) is 24.1 Å². The first-order chi connectivity index (χ1) is 20.2. The molecule has 0 saturated carbocycles. The predicted octanol–water partition coefficient (Wildman–Crippen LogP) is 4.32. The monoisotopic (exact) mass is 620 g/mol. The molecule has 2 amide bonds. The molecule has 0 bridgehead atoms. The van der Waals surface area contributed by atoms with Crippen molar-refractivity contribution in [3.63, 3.8) is 0 Å². The lowest BCUT2D eigenvalue weighted by Gasteiger charge is -2.21. The van der Waals surface area contributed by atoms with Crippen molar-refractivity contribution in [1.82, 2.24) is 10.6 Å². The maximum absolute atomic E-state index is 13.0. The molecule has 0 spiro atoms. The zero-order chi connectivity index (χ0) is 30.4. The summed E-state index contributed by atoms with van der Waals surface area (Å²) >= 11 is 0. The fourth-order valence-corrected chi connectivity index (χ4v) is 6.68. The largest absolute Gasteiger partial charge is 0.480 e. The summed E-state index contributed by atoms with van der Waals surface area (Å²) in [5, 5.41) is 14.1. The summed E-state index contributed by atoms with van der Waals surface area (Å²) in [6, 6.07) is 15.5. The molecule has 10 nitrogen and oxygen atoms in total. The molecule has 1 aliphatic carbocycles. The van der Waals surface area contributed by atoms with Crippen LogP contribution in [0.15, 0.2) is 48.5 Å². The second-order valence-electron chi connectivity index (χ2n) is 10.5. The minimum absolute atomic E-state index is 0.00620. The van der Waals surface area contributed by atoms with E-state index in [2.05, 4.69) is 55.7 Å². The third kappa shape index (κ3) is 11.5. The summed E-state index contributed by atoms with van der Waals surface area (Å²) in [6.45, 7) is 7.68. The molecule has 230 valence electrons. The van der Waals surface area contributed by atoms with Crippen LogP contribution in [0.25, 0.3) is 11.1 Å². The Labute approximate surface area is 255 Å². The molecular weight excluding hydrogens is 580 g/mol. The molecule has 0 saturated heterocycles. The second kappa shape index (κ2) is 17.4. The first kappa shape index (κ1) is 33.7. The van der Waals surface area contributed by atoms with E-state index < -0.39 is 18.1 Å². The van der Waals surface area contributed by atoms with Crippen molar-refractivity contribution in [3.8, 4) is 11.1 Å². The number of hydrogen-bond donors (Lipinski definition) is 3. The van der Waals surface area contributed by atoms with Crippen molar-refractivity contribution < 1.29 is 38.4 Å². The van der Waals surface area contributed by atoms with Gasteiger partial charge in [0.15, 0.2) is 0 Å². The Morgan fingerprint density at radius 3 is 2.05 bits per heavy atom. The minimum atomic E-state index is -1.03. The summed E-state index contributed by atoms with van der Waals surface area (Å²) < 4.78 is 21.3. The van der Waals surface area contributed by atoms with Gasteiger partial charge in [-0.2, -0.15) is 0 Å². The Morgan fingerprint density at radius 2 is 1.45 bits per heavy atom. The fraction of sp³-hybridized carbons (Fsp3) is 0.500. The van der Waals surface area contributed by atoms with Crippen molar-refractivity contribution in [2.24, 2.45) is 0 Å². The van der Waals surface area contributed by atoms with Gasteiger partial charge in [0.2, 0.25) is 5.91 Å². The highest BCUT2D eigenvalue weighted by Gasteiger charge is 2.30. The lowest BCUT2D eigenvalue weighted by molar-refractivity contribution is -0.142. The van der Waals surface area contributed by atoms with Crippen molar-refractivity contribution in [3.05, 3.63) is 59.7 Å². The Balaban J connectivity index is 1.43. The topological polar surface area (TPSA) is 132 Å². The summed E-state index contributed by atoms with van der Waals surface area (Å²) in [4.78, 5) is 36.2. The van der Waals surface area contributed by atoms with Crippen molar-refractivity contribution in [2.45, 2.75) is 37.5 Å². The fourth-order valence-electron chi connectivity index (χ4n) is 4.21. The molecule has 3 rings (SSSR count). The molecule has 12 heteroatoms. The Kier molecular flexibility index (Phi) is 14.0. The number of alkyl carbamates (subject to hydrolysis) is 1. The highest BCUT2D eigenvalue weighted by molar-refractivity contribution is 8.77. The Morgan fingerprint density at radius 1 is 0.881 bits per heavy atom. The summed E-state index contributed by atoms with van der Waals surface area (Å²) in [5.41, 5.74) is 4.53. The standard InChI is InChI=1S/C30H40N2O8S2/c1-30(2,3)42-41-20-26(28(35)31-12-13-37-14-15-38-16-17-39-19-27(33)34)32-29(36)40-18-25-23-10-6-4-8-21(23)22-9-5-7-11-24(22)25/h4-11,25-26H,12-20H2,1-3H3,(H,31,35)(H,32,36)(H,33,34). The second-order valence-corrected chi connectivity index (χ2v) is 13.6. The van der Waals surface area contributed by atoms with Gasteiger partial charge < -0.3 is 34.7 Å². The van der Waals surface area contributed by atoms with Crippen LogP contribution in [0.4, 0.5) is 4.79 Å². The highest BCUT2D eigenvalue weighted by Crippen LogP contribution is 2.44. The van der Waals surface area contributed by atoms with E-state index >= 15 is 0 Å². The third-order valence-corrected chi connectivity index (χ3v) is 9.36. The van der Waals surface area contributed by atoms with E-state index in [0.29, 0.717) is 19.0 Å². The van der Waals surface area contributed by atoms with Crippen molar-refractivity contribution >= 4 is 39.6 Å². The normalized spacial score (nSPS) is 13.2. The van der Waals surface area contributed by atoms with Crippen molar-refractivity contribution in [2.75, 3.05) is 58.5 Å². The molecule has 1 aliphatic rings. The van der Waals surface area contributed by atoms with Gasteiger partial charge in [0.05, 0.1) is 33.0 Å². The van der Waals surface area contributed by atoms with Gasteiger partial charge >= 0.3 is 12.1 Å². The van der Waals surface area contributed by atoms with Crippen LogP contribution in [0, 0.1) is 0 Å². The maximum Gasteiger partial charge on any atom is 0.407 e. The van der Waals surface area contributed by atoms with Gasteiger partial charge in [-0.3, -0.25) is 4.79 Å². The first-order valence-electron chi connectivity index (χ1n) is 13.8. The Hall–Kier alpha value is -2.77. The molecule has 0 radical (unpaired) electrons. The van der Waals surface area contributed by atoms with E-state index in [1.807, 2.05) is 24.3 Å². The van der Waals surface area contributed by atoms with Crippen LogP contribution >= 0.6 is 21.6 Å². The van der Waals surface area contributed by atoms with Crippen LogP contribution in [0.3, 0.4) is 0 Å². The van der Waals surface area contributed by atoms with Gasteiger partial charge in [-0.15, -0.1) is 0 Å². The predicted molar refractivity (Wildman–Crippen MR) is 165 cm³/mol. The molecule has 42 heavy (non-hydrogen) atoms. The van der Waals surface area contributed by atoms with Crippen molar-refractivity contribution in [1.29, 1.82) is 0 Å². The number of amides is 2. The lowest BCUT2D eigenvalue weighted by atomic mass is 9.98. The molecule has 2 aromatic carbocycles. The van der Waals surface area contributed by atoms with Gasteiger partial charge in [0.1, 0.15) is 19.3 Å². The van der Waals surface area contributed by atoms with E-state index in [-0.39, 0.29) is 56.2 Å². The number of rotatable bonds is 18. The number of aliphatic carboxylic acids is 1. The molecule has 3 N–H and O–H groups in total. The van der Waals surface area contributed by atoms with Gasteiger partial charge in [-0.1, -0.05) is 90.9 Å². The SMILES string of the molecule is CC(C)(C)SSCC(NC(=O)OCC1c2ccccc2-c2ccccc21)C(=O)NCCOCCOCCOCC(=O)O. The molecule has 1 unspecified atom stereocenters. The van der Waals surface area contributed by atoms with Gasteiger partial charge in [-0.05, 0) is 22.3 Å². The number of hydrogen-bond acceptors (Lipinski definition) is 9. The Bertz CT molecular complexity index is 1130. The number of ether oxygens (including phenoxy) is 4. The van der Waals surface area contributed by atoms with E-state index in [0.717, 1.165) is 22.3 Å². The van der Waals surface area contributed by atoms with E-state index in [9.17, 15) is 14.4 Å². The molecule has 1 atom stereocenters. The van der Waals surface area contributed by atoms with Gasteiger partial charge in [0, 0.05) is 23.0 Å². The number of carbonyl (C=O) groups is 3. The molecular formula is C30H40N2O8S2. The molecule has 0 aliphatic heterocycles. The van der Waals surface area contributed by atoms with Gasteiger partial charge in [0.25, 0.3) is 0 Å². The average molecular weight is 621 g/mol. The summed E-state index contributed by atoms with van der Waals surface area (Å²) in [7, 11) is 3.16. The number of carboxylic acid groups (broad SMARTS) is 1. The van der Waals surface area contributed by atoms with Crippen LogP contribution in [0.2, 0.25) is 0 Å². The number of carboxylic acids is 1. The number of nitrogens with one attached hydrogen (secondary N) is 2. The van der Waals surface area contributed by atoms with Crippen LogP contribution in [0.1, 0.15) is 37.8 Å². The molecule has 0 heterocycles. The zero-order valence-electron chi connectivity index (χ0n) is 24.3. The number of benzene rings is 2. The van der Waals surface area contributed by atoms with E-state index in [1.165, 1.54) is 10.8 Å². The third-order valence-electron chi connectivity index (χ3n) is 6.01. The van der Waals surface area contributed by atoms with Gasteiger partial charge in [-0.25, -0.2) is 9.59 Å². The smallest absolute Gasteiger partial charge is 0.407 e. The molecule has 2 aromatic rings. The first-order valence-corrected chi connectivity index (χ1v) is 16.1. The zero-order valence-corrected chi connectivity index (χ0v) is 25.9. The average Bonchev–Trinajstić information content (AvgIpc) is 3.27. The van der Waals surface area contributed by atoms with Crippen LogP contribution in [-0.4, -0.2) is 92.4 Å². The summed E-state index contributed by atoms with van der Waals surface area (Å²) in [6.07, 6.45) is -0.640. The lowest BCUT2D eigenvalue weighted by Crippen LogP contribution is -2.49. The number of fused-ring (bicyclic) bond motifs is 3. The highest BCUT2D eigenvalue weighted by atomic mass is 33.1. The quantitative estimate of drug-likeness (QED) is 0.163. The van der Waals surface area contributed by atoms with E-state index in [1.54, 1.807) is 10.8 Å². The number of carbonyl (C=O) groups excluding carboxylic acids is 2.